The predicted octanol–water partition coefficient (Wildman–Crippen LogP) is -0.973. The quantitative estimate of drug-likeness (QED) is 0.0507. The van der Waals surface area contributed by atoms with Crippen LogP contribution in [0.15, 0.2) is 59.6 Å². The number of aliphatic imine (C=N–C) groups is 1. The summed E-state index contributed by atoms with van der Waals surface area (Å²) in [5.74, 6) is -3.42. The van der Waals surface area contributed by atoms with Crippen LogP contribution >= 0.6 is 12.6 Å². The van der Waals surface area contributed by atoms with Crippen LogP contribution in [-0.2, 0) is 32.0 Å². The Kier molecular flexibility index (Phi) is 13.4. The van der Waals surface area contributed by atoms with Gasteiger partial charge in [-0.15, -0.1) is 0 Å². The van der Waals surface area contributed by atoms with Crippen molar-refractivity contribution in [1.82, 2.24) is 16.0 Å². The van der Waals surface area contributed by atoms with E-state index in [2.05, 4.69) is 33.6 Å². The van der Waals surface area contributed by atoms with Crippen LogP contribution in [0.4, 0.5) is 0 Å². The molecule has 0 saturated heterocycles. The molecule has 0 radical (unpaired) electrons. The third kappa shape index (κ3) is 11.8. The number of carbonyl (C=O) groups is 4. The molecular weight excluding hydrogens is 550 g/mol. The van der Waals surface area contributed by atoms with E-state index < -0.39 is 47.9 Å². The van der Waals surface area contributed by atoms with E-state index in [1.165, 1.54) is 12.1 Å². The number of nitrogens with two attached hydrogens (primary N) is 3. The molecule has 4 unspecified atom stereocenters. The van der Waals surface area contributed by atoms with Crippen molar-refractivity contribution in [3.8, 4) is 5.75 Å². The van der Waals surface area contributed by atoms with Gasteiger partial charge in [0, 0.05) is 25.1 Å². The summed E-state index contributed by atoms with van der Waals surface area (Å²) >= 11 is 4.17. The predicted molar refractivity (Wildman–Crippen MR) is 157 cm³/mol. The van der Waals surface area contributed by atoms with Crippen molar-refractivity contribution in [1.29, 1.82) is 0 Å². The molecule has 0 aliphatic heterocycles. The van der Waals surface area contributed by atoms with Gasteiger partial charge in [-0.05, 0) is 36.1 Å². The van der Waals surface area contributed by atoms with Gasteiger partial charge < -0.3 is 43.4 Å². The zero-order valence-corrected chi connectivity index (χ0v) is 23.3. The first-order valence-corrected chi connectivity index (χ1v) is 13.5. The molecular formula is C27H37N7O6S. The lowest BCUT2D eigenvalue weighted by Gasteiger charge is -2.25. The molecule has 0 fully saturated rings. The number of nitrogens with zero attached hydrogens (tertiary/aromatic N) is 1. The molecule has 0 aromatic heterocycles. The molecule has 3 amide bonds. The van der Waals surface area contributed by atoms with Gasteiger partial charge in [0.2, 0.25) is 17.7 Å². The van der Waals surface area contributed by atoms with Gasteiger partial charge in [0.05, 0.1) is 6.04 Å². The maximum atomic E-state index is 13.3. The van der Waals surface area contributed by atoms with Gasteiger partial charge in [-0.25, -0.2) is 4.79 Å². The van der Waals surface area contributed by atoms with Crippen molar-refractivity contribution < 1.29 is 29.4 Å². The zero-order valence-electron chi connectivity index (χ0n) is 22.4. The minimum absolute atomic E-state index is 0.0213. The number of aliphatic carboxylic acids is 1. The molecule has 2 aromatic carbocycles. The van der Waals surface area contributed by atoms with Crippen LogP contribution in [0.1, 0.15) is 24.0 Å². The van der Waals surface area contributed by atoms with E-state index in [0.717, 1.165) is 0 Å². The lowest BCUT2D eigenvalue weighted by molar-refractivity contribution is -0.142. The van der Waals surface area contributed by atoms with Crippen LogP contribution in [0.25, 0.3) is 0 Å². The number of rotatable bonds is 16. The third-order valence-corrected chi connectivity index (χ3v) is 6.39. The number of hydrogen-bond donors (Lipinski definition) is 9. The van der Waals surface area contributed by atoms with Gasteiger partial charge >= 0.3 is 5.97 Å². The summed E-state index contributed by atoms with van der Waals surface area (Å²) in [5.41, 5.74) is 17.8. The summed E-state index contributed by atoms with van der Waals surface area (Å²) in [7, 11) is 0. The van der Waals surface area contributed by atoms with Crippen molar-refractivity contribution in [2.75, 3.05) is 12.3 Å². The van der Waals surface area contributed by atoms with E-state index in [4.69, 9.17) is 17.2 Å². The Labute approximate surface area is 243 Å². The summed E-state index contributed by atoms with van der Waals surface area (Å²) in [6.45, 7) is 0.292. The van der Waals surface area contributed by atoms with Crippen LogP contribution in [0.3, 0.4) is 0 Å². The molecule has 222 valence electrons. The number of hydrogen-bond acceptors (Lipinski definition) is 8. The van der Waals surface area contributed by atoms with Gasteiger partial charge in [0.1, 0.15) is 23.9 Å². The fraction of sp³-hybridized carbons (Fsp3) is 0.370. The second-order valence-corrected chi connectivity index (χ2v) is 9.69. The molecule has 14 heteroatoms. The van der Waals surface area contributed by atoms with Gasteiger partial charge in [-0.3, -0.25) is 19.4 Å². The largest absolute Gasteiger partial charge is 0.508 e. The van der Waals surface area contributed by atoms with Gasteiger partial charge in [0.15, 0.2) is 5.96 Å². The molecule has 4 atom stereocenters. The van der Waals surface area contributed by atoms with Crippen LogP contribution in [-0.4, -0.2) is 76.3 Å². The smallest absolute Gasteiger partial charge is 0.326 e. The number of phenolic OH excluding ortho intramolecular Hbond substituents is 1. The summed E-state index contributed by atoms with van der Waals surface area (Å²) in [4.78, 5) is 54.8. The number of carbonyl (C=O) groups excluding carboxylic acids is 3. The molecule has 0 heterocycles. The standard InChI is InChI=1S/C27H37N7O6S/c28-19(7-4-12-31-27(29)30)23(36)34-22(15-41)25(38)32-20(13-16-5-2-1-3-6-16)24(37)33-21(26(39)40)14-17-8-10-18(35)11-9-17/h1-3,5-6,8-11,19-22,35,41H,4,7,12-15,28H2,(H,32,38)(H,33,37)(H,34,36)(H,39,40)(H4,29,30,31). The average molecular weight is 588 g/mol. The first kappa shape index (κ1) is 32.9. The summed E-state index contributed by atoms with van der Waals surface area (Å²) in [6, 6.07) is 10.2. The Balaban J connectivity index is 2.12. The number of guanidine groups is 1. The van der Waals surface area contributed by atoms with Crippen LogP contribution in [0, 0.1) is 0 Å². The Morgan fingerprint density at radius 3 is 1.93 bits per heavy atom. The van der Waals surface area contributed by atoms with E-state index in [1.54, 1.807) is 42.5 Å². The SMILES string of the molecule is NC(N)=NCCCC(N)C(=O)NC(CS)C(=O)NC(Cc1ccccc1)C(=O)NC(Cc1ccc(O)cc1)C(=O)O. The molecule has 11 N–H and O–H groups in total. The fourth-order valence-electron chi connectivity index (χ4n) is 3.79. The van der Waals surface area contributed by atoms with Crippen LogP contribution < -0.4 is 33.2 Å². The van der Waals surface area contributed by atoms with E-state index in [1.807, 2.05) is 0 Å². The normalized spacial score (nSPS) is 13.6. The summed E-state index contributed by atoms with van der Waals surface area (Å²) < 4.78 is 0. The number of carboxylic acid groups (broad SMARTS) is 1. The van der Waals surface area contributed by atoms with E-state index in [9.17, 15) is 29.4 Å². The van der Waals surface area contributed by atoms with E-state index in [0.29, 0.717) is 24.1 Å². The van der Waals surface area contributed by atoms with Crippen LogP contribution in [0.2, 0.25) is 0 Å². The lowest BCUT2D eigenvalue weighted by atomic mass is 10.0. The maximum absolute atomic E-state index is 13.3. The zero-order chi connectivity index (χ0) is 30.4. The first-order chi connectivity index (χ1) is 19.5. The van der Waals surface area contributed by atoms with Crippen molar-refractivity contribution >= 4 is 42.3 Å². The number of aromatic hydroxyl groups is 1. The number of nitrogens with one attached hydrogen (secondary N) is 3. The Morgan fingerprint density at radius 2 is 1.34 bits per heavy atom. The second-order valence-electron chi connectivity index (χ2n) is 9.32. The highest BCUT2D eigenvalue weighted by Crippen LogP contribution is 2.12. The Bertz CT molecular complexity index is 1190. The minimum atomic E-state index is -1.31. The molecule has 0 spiro atoms. The van der Waals surface area contributed by atoms with Crippen molar-refractivity contribution in [3.63, 3.8) is 0 Å². The number of carboxylic acids is 1. The molecule has 2 rings (SSSR count). The molecule has 0 saturated carbocycles. The highest BCUT2D eigenvalue weighted by Gasteiger charge is 2.30. The minimum Gasteiger partial charge on any atom is -0.508 e. The van der Waals surface area contributed by atoms with Crippen LogP contribution in [0.5, 0.6) is 5.75 Å². The van der Waals surface area contributed by atoms with Crippen molar-refractivity contribution in [2.24, 2.45) is 22.2 Å². The van der Waals surface area contributed by atoms with E-state index >= 15 is 0 Å². The average Bonchev–Trinajstić information content (AvgIpc) is 2.94. The maximum Gasteiger partial charge on any atom is 0.326 e. The topological polar surface area (TPSA) is 235 Å². The second kappa shape index (κ2) is 16.7. The molecule has 41 heavy (non-hydrogen) atoms. The highest BCUT2D eigenvalue weighted by molar-refractivity contribution is 7.80. The van der Waals surface area contributed by atoms with E-state index in [-0.39, 0.29) is 36.7 Å². The number of amides is 3. The number of thiol groups is 1. The Morgan fingerprint density at radius 1 is 0.805 bits per heavy atom. The monoisotopic (exact) mass is 587 g/mol. The van der Waals surface area contributed by atoms with Gasteiger partial charge in [-0.2, -0.15) is 12.6 Å². The third-order valence-electron chi connectivity index (χ3n) is 6.03. The number of benzene rings is 2. The summed E-state index contributed by atoms with van der Waals surface area (Å²) in [5, 5.41) is 26.9. The molecule has 13 nitrogen and oxygen atoms in total. The summed E-state index contributed by atoms with van der Waals surface area (Å²) in [6.07, 6.45) is 0.712. The van der Waals surface area contributed by atoms with Gasteiger partial charge in [-0.1, -0.05) is 42.5 Å². The molecule has 2 aromatic rings. The number of phenols is 1. The molecule has 0 aliphatic rings. The first-order valence-electron chi connectivity index (χ1n) is 12.9. The van der Waals surface area contributed by atoms with Crippen molar-refractivity contribution in [2.45, 2.75) is 49.9 Å². The Hall–Kier alpha value is -4.30. The molecule has 0 aliphatic carbocycles. The fourth-order valence-corrected chi connectivity index (χ4v) is 4.05. The molecule has 0 bridgehead atoms. The van der Waals surface area contributed by atoms with Gasteiger partial charge in [0.25, 0.3) is 0 Å². The van der Waals surface area contributed by atoms with Crippen molar-refractivity contribution in [3.05, 3.63) is 65.7 Å². The highest BCUT2D eigenvalue weighted by atomic mass is 32.1. The lowest BCUT2D eigenvalue weighted by Crippen LogP contribution is -2.58.